The van der Waals surface area contributed by atoms with Crippen LogP contribution in [0.5, 0.6) is 0 Å². The standard InChI is InChI=1S/C28H23ClN2O4S/c1-4-34-27(33)24-17(3)30-28-31(25(24)19-7-5-16(2)6-8-19)26(32)23(36-28)15-21-13-14-22(35-21)18-9-11-20(29)12-10-18/h5-15,25H,4H2,1-3H3/b23-15-/t25-/m0/s1. The molecule has 3 heterocycles. The van der Waals surface area contributed by atoms with Gasteiger partial charge in [0.05, 0.1) is 28.5 Å². The Morgan fingerprint density at radius 1 is 1.11 bits per heavy atom. The van der Waals surface area contributed by atoms with E-state index in [2.05, 4.69) is 4.99 Å². The molecule has 0 aliphatic carbocycles. The maximum absolute atomic E-state index is 13.7. The molecule has 0 radical (unpaired) electrons. The largest absolute Gasteiger partial charge is 0.463 e. The van der Waals surface area contributed by atoms with Crippen molar-refractivity contribution in [1.82, 2.24) is 4.57 Å². The molecule has 1 aliphatic rings. The van der Waals surface area contributed by atoms with Crippen LogP contribution in [0.3, 0.4) is 0 Å². The highest BCUT2D eigenvalue weighted by molar-refractivity contribution is 7.07. The number of furan rings is 1. The first-order valence-corrected chi connectivity index (χ1v) is 12.7. The molecule has 36 heavy (non-hydrogen) atoms. The number of ether oxygens (including phenoxy) is 1. The van der Waals surface area contributed by atoms with Crippen molar-refractivity contribution in [3.63, 3.8) is 0 Å². The Hall–Kier alpha value is -3.68. The molecule has 5 rings (SSSR count). The zero-order valence-corrected chi connectivity index (χ0v) is 21.5. The fourth-order valence-corrected chi connectivity index (χ4v) is 5.34. The molecule has 0 saturated carbocycles. The van der Waals surface area contributed by atoms with E-state index < -0.39 is 12.0 Å². The summed E-state index contributed by atoms with van der Waals surface area (Å²) in [5.74, 6) is 0.736. The Labute approximate surface area is 216 Å². The Bertz CT molecular complexity index is 1660. The molecular weight excluding hydrogens is 496 g/mol. The third kappa shape index (κ3) is 4.47. The number of allylic oxidation sites excluding steroid dienone is 1. The molecule has 6 nitrogen and oxygen atoms in total. The van der Waals surface area contributed by atoms with Gasteiger partial charge in [0.15, 0.2) is 4.80 Å². The van der Waals surface area contributed by atoms with Gasteiger partial charge in [-0.05, 0) is 62.7 Å². The second-order valence-electron chi connectivity index (χ2n) is 8.42. The Balaban J connectivity index is 1.63. The van der Waals surface area contributed by atoms with Gasteiger partial charge in [0, 0.05) is 16.7 Å². The smallest absolute Gasteiger partial charge is 0.338 e. The van der Waals surface area contributed by atoms with Crippen molar-refractivity contribution in [2.75, 3.05) is 6.61 Å². The van der Waals surface area contributed by atoms with E-state index in [0.717, 1.165) is 16.7 Å². The molecule has 0 spiro atoms. The summed E-state index contributed by atoms with van der Waals surface area (Å²) in [6.45, 7) is 5.75. The first-order chi connectivity index (χ1) is 17.4. The van der Waals surface area contributed by atoms with E-state index in [4.69, 9.17) is 20.8 Å². The number of carbonyl (C=O) groups excluding carboxylic acids is 1. The van der Waals surface area contributed by atoms with E-state index in [-0.39, 0.29) is 12.2 Å². The zero-order valence-electron chi connectivity index (χ0n) is 19.9. The Morgan fingerprint density at radius 2 is 1.83 bits per heavy atom. The summed E-state index contributed by atoms with van der Waals surface area (Å²) in [7, 11) is 0. The Morgan fingerprint density at radius 3 is 2.53 bits per heavy atom. The molecule has 2 aromatic heterocycles. The summed E-state index contributed by atoms with van der Waals surface area (Å²) in [5, 5.41) is 0.646. The highest BCUT2D eigenvalue weighted by Crippen LogP contribution is 2.31. The number of hydrogen-bond acceptors (Lipinski definition) is 6. The number of carbonyl (C=O) groups is 1. The number of aryl methyl sites for hydroxylation is 1. The number of aromatic nitrogens is 1. The van der Waals surface area contributed by atoms with Gasteiger partial charge in [-0.15, -0.1) is 0 Å². The first-order valence-electron chi connectivity index (χ1n) is 11.5. The van der Waals surface area contributed by atoms with Crippen molar-refractivity contribution in [1.29, 1.82) is 0 Å². The average Bonchev–Trinajstić information content (AvgIpc) is 3.44. The van der Waals surface area contributed by atoms with E-state index in [1.54, 1.807) is 36.6 Å². The molecule has 0 N–H and O–H groups in total. The number of rotatable bonds is 5. The van der Waals surface area contributed by atoms with Gasteiger partial charge < -0.3 is 9.15 Å². The van der Waals surface area contributed by atoms with Gasteiger partial charge in [-0.1, -0.05) is 52.8 Å². The quantitative estimate of drug-likeness (QED) is 0.348. The van der Waals surface area contributed by atoms with Crippen molar-refractivity contribution in [2.45, 2.75) is 26.8 Å². The van der Waals surface area contributed by atoms with Crippen LogP contribution < -0.4 is 14.9 Å². The summed E-state index contributed by atoms with van der Waals surface area (Å²) in [6.07, 6.45) is 1.71. The minimum absolute atomic E-state index is 0.231. The molecular formula is C28H23ClN2O4S. The van der Waals surface area contributed by atoms with Crippen LogP contribution in [0.4, 0.5) is 0 Å². The normalized spacial score (nSPS) is 15.6. The van der Waals surface area contributed by atoms with Crippen molar-refractivity contribution >= 4 is 35.0 Å². The van der Waals surface area contributed by atoms with Crippen LogP contribution in [0.25, 0.3) is 17.4 Å². The minimum Gasteiger partial charge on any atom is -0.463 e. The average molecular weight is 519 g/mol. The van der Waals surface area contributed by atoms with E-state index in [1.807, 2.05) is 55.5 Å². The topological polar surface area (TPSA) is 73.8 Å². The molecule has 1 aliphatic heterocycles. The number of halogens is 1. The zero-order chi connectivity index (χ0) is 25.4. The van der Waals surface area contributed by atoms with Crippen LogP contribution in [-0.2, 0) is 9.53 Å². The van der Waals surface area contributed by atoms with E-state index in [0.29, 0.717) is 37.1 Å². The van der Waals surface area contributed by atoms with Gasteiger partial charge in [-0.3, -0.25) is 9.36 Å². The fraction of sp³-hybridized carbons (Fsp3) is 0.179. The molecule has 182 valence electrons. The van der Waals surface area contributed by atoms with Crippen molar-refractivity contribution < 1.29 is 13.9 Å². The van der Waals surface area contributed by atoms with E-state index in [9.17, 15) is 9.59 Å². The summed E-state index contributed by atoms with van der Waals surface area (Å²) in [4.78, 5) is 31.7. The van der Waals surface area contributed by atoms with Crippen molar-refractivity contribution in [3.05, 3.63) is 114 Å². The molecule has 2 aromatic carbocycles. The highest BCUT2D eigenvalue weighted by atomic mass is 35.5. The number of benzene rings is 2. The summed E-state index contributed by atoms with van der Waals surface area (Å²) < 4.78 is 13.4. The maximum Gasteiger partial charge on any atom is 0.338 e. The lowest BCUT2D eigenvalue weighted by atomic mass is 9.95. The summed E-state index contributed by atoms with van der Waals surface area (Å²) >= 11 is 7.25. The molecule has 1 atom stereocenters. The van der Waals surface area contributed by atoms with Gasteiger partial charge in [0.25, 0.3) is 5.56 Å². The van der Waals surface area contributed by atoms with Crippen molar-refractivity contribution in [3.8, 4) is 11.3 Å². The van der Waals surface area contributed by atoms with Crippen LogP contribution in [0, 0.1) is 6.92 Å². The van der Waals surface area contributed by atoms with Gasteiger partial charge in [0.2, 0.25) is 0 Å². The SMILES string of the molecule is CCOC(=O)C1=C(C)N=c2s/c(=C\c3ccc(-c4ccc(Cl)cc4)o3)c(=O)n2[C@H]1c1ccc(C)cc1. The fourth-order valence-electron chi connectivity index (χ4n) is 4.18. The van der Waals surface area contributed by atoms with Crippen LogP contribution in [0.2, 0.25) is 5.02 Å². The number of thiazole rings is 1. The molecule has 0 saturated heterocycles. The lowest BCUT2D eigenvalue weighted by molar-refractivity contribution is -0.139. The summed E-state index contributed by atoms with van der Waals surface area (Å²) in [6, 6.07) is 18.2. The van der Waals surface area contributed by atoms with Crippen LogP contribution in [-0.4, -0.2) is 17.1 Å². The van der Waals surface area contributed by atoms with E-state index in [1.165, 1.54) is 11.3 Å². The first kappa shape index (κ1) is 24.0. The number of esters is 1. The lowest BCUT2D eigenvalue weighted by Gasteiger charge is -2.24. The van der Waals surface area contributed by atoms with Crippen molar-refractivity contribution in [2.24, 2.45) is 4.99 Å². The minimum atomic E-state index is -0.635. The third-order valence-corrected chi connectivity index (χ3v) is 7.17. The van der Waals surface area contributed by atoms with Crippen LogP contribution >= 0.6 is 22.9 Å². The van der Waals surface area contributed by atoms with Crippen LogP contribution in [0.15, 0.2) is 86.1 Å². The van der Waals surface area contributed by atoms with Gasteiger partial charge in [-0.25, -0.2) is 9.79 Å². The molecule has 0 bridgehead atoms. The van der Waals surface area contributed by atoms with Gasteiger partial charge in [-0.2, -0.15) is 0 Å². The molecule has 0 fully saturated rings. The predicted octanol–water partition coefficient (Wildman–Crippen LogP) is 5.02. The summed E-state index contributed by atoms with van der Waals surface area (Å²) in [5.41, 5.74) is 3.43. The van der Waals surface area contributed by atoms with Gasteiger partial charge in [0.1, 0.15) is 11.5 Å². The van der Waals surface area contributed by atoms with Crippen LogP contribution in [0.1, 0.15) is 36.8 Å². The monoisotopic (exact) mass is 518 g/mol. The maximum atomic E-state index is 13.7. The molecule has 0 unspecified atom stereocenters. The third-order valence-electron chi connectivity index (χ3n) is 5.94. The number of fused-ring (bicyclic) bond motifs is 1. The second-order valence-corrected chi connectivity index (χ2v) is 9.87. The Kier molecular flexibility index (Phi) is 6.51. The second kappa shape index (κ2) is 9.76. The molecule has 0 amide bonds. The number of nitrogens with zero attached hydrogens (tertiary/aromatic N) is 2. The van der Waals surface area contributed by atoms with Gasteiger partial charge >= 0.3 is 5.97 Å². The lowest BCUT2D eigenvalue weighted by Crippen LogP contribution is -2.39. The number of hydrogen-bond donors (Lipinski definition) is 0. The molecule has 4 aromatic rings. The predicted molar refractivity (Wildman–Crippen MR) is 141 cm³/mol. The molecule has 8 heteroatoms. The highest BCUT2D eigenvalue weighted by Gasteiger charge is 2.33. The van der Waals surface area contributed by atoms with E-state index >= 15 is 0 Å².